The van der Waals surface area contributed by atoms with E-state index in [1.807, 2.05) is 95.6 Å². The van der Waals surface area contributed by atoms with Gasteiger partial charge in [-0.05, 0) is 58.3 Å². The Morgan fingerprint density at radius 1 is 0.500 bits per heavy atom. The monoisotopic (exact) mass is 619 g/mol. The molecule has 0 spiro atoms. The van der Waals surface area contributed by atoms with Crippen molar-refractivity contribution in [1.29, 1.82) is 0 Å². The molecule has 0 bridgehead atoms. The van der Waals surface area contributed by atoms with Crippen molar-refractivity contribution in [3.8, 4) is 39.9 Å². The van der Waals surface area contributed by atoms with E-state index in [9.17, 15) is 0 Å². The summed E-state index contributed by atoms with van der Waals surface area (Å²) in [5, 5.41) is 6.24. The number of rotatable bonds is 4. The summed E-state index contributed by atoms with van der Waals surface area (Å²) < 4.78 is 50.9. The Hall–Kier alpha value is -6.59. The van der Waals surface area contributed by atoms with E-state index < -0.39 is 30.2 Å². The smallest absolute Gasteiger partial charge is 0.238 e. The average Bonchev–Trinajstić information content (AvgIpc) is 3.74. The van der Waals surface area contributed by atoms with Gasteiger partial charge in [-0.1, -0.05) is 121 Å². The maximum absolute atomic E-state index is 8.77. The molecule has 5 nitrogen and oxygen atoms in total. The van der Waals surface area contributed by atoms with Crippen molar-refractivity contribution >= 4 is 54.5 Å². The quantitative estimate of drug-likeness (QED) is 0.197. The Bertz CT molecular complexity index is 3070. The largest absolute Gasteiger partial charge is 0.456 e. The minimum atomic E-state index is -0.487. The highest BCUT2D eigenvalue weighted by atomic mass is 16.3. The van der Waals surface area contributed by atoms with Crippen molar-refractivity contribution in [2.24, 2.45) is 0 Å². The van der Waals surface area contributed by atoms with Crippen LogP contribution in [-0.4, -0.2) is 19.5 Å². The lowest BCUT2D eigenvalue weighted by atomic mass is 9.97. The minimum absolute atomic E-state index is 0.0350. The molecule has 0 saturated heterocycles. The fourth-order valence-corrected chi connectivity index (χ4v) is 6.77. The van der Waals surface area contributed by atoms with Gasteiger partial charge < -0.3 is 4.42 Å². The summed E-state index contributed by atoms with van der Waals surface area (Å²) in [5.41, 5.74) is 5.72. The highest BCUT2D eigenvalue weighted by Crippen LogP contribution is 2.39. The summed E-state index contributed by atoms with van der Waals surface area (Å²) >= 11 is 0. The predicted molar refractivity (Wildman–Crippen MR) is 195 cm³/mol. The summed E-state index contributed by atoms with van der Waals surface area (Å²) in [4.78, 5) is 14.6. The lowest BCUT2D eigenvalue weighted by Crippen LogP contribution is -2.06. The third-order valence-corrected chi connectivity index (χ3v) is 8.94. The van der Waals surface area contributed by atoms with Crippen LogP contribution in [0.1, 0.15) is 6.85 Å². The Morgan fingerprint density at radius 2 is 1.19 bits per heavy atom. The lowest BCUT2D eigenvalue weighted by Gasteiger charge is -2.11. The number of hydrogen-bond acceptors (Lipinski definition) is 4. The normalized spacial score (nSPS) is 13.2. The molecule has 7 aromatic carbocycles. The van der Waals surface area contributed by atoms with Crippen LogP contribution in [0.2, 0.25) is 0 Å². The first-order chi connectivity index (χ1) is 25.9. The SMILES string of the molecule is [2H]c1c([2H])c([2H])c(-c2nc(-c3ccc4c(c3)oc3cccc(-c5ccc6ccccc6c5)c34)nc(-n3c4ccccc4c4ccccc43)n2)c([2H])c1[2H]. The van der Waals surface area contributed by atoms with Crippen LogP contribution < -0.4 is 0 Å². The molecule has 0 N–H and O–H groups in total. The molecule has 48 heavy (non-hydrogen) atoms. The van der Waals surface area contributed by atoms with Gasteiger partial charge in [0.05, 0.1) is 17.9 Å². The molecule has 0 fully saturated rings. The molecular weight excluding hydrogens is 589 g/mol. The number of benzene rings is 7. The molecule has 0 aliphatic carbocycles. The van der Waals surface area contributed by atoms with E-state index in [1.54, 1.807) is 0 Å². The van der Waals surface area contributed by atoms with Crippen LogP contribution in [0.3, 0.4) is 0 Å². The van der Waals surface area contributed by atoms with Crippen LogP contribution in [-0.2, 0) is 0 Å². The fraction of sp³-hybridized carbons (Fsp3) is 0. The van der Waals surface area contributed by atoms with Crippen LogP contribution in [0.15, 0.2) is 162 Å². The van der Waals surface area contributed by atoms with Crippen LogP contribution in [0.4, 0.5) is 0 Å². The second-order valence-electron chi connectivity index (χ2n) is 11.7. The molecule has 0 atom stereocenters. The van der Waals surface area contributed by atoms with Crippen molar-refractivity contribution in [1.82, 2.24) is 19.5 Å². The van der Waals surface area contributed by atoms with Crippen LogP contribution in [0.5, 0.6) is 0 Å². The van der Waals surface area contributed by atoms with Gasteiger partial charge in [-0.15, -0.1) is 0 Å². The first-order valence-electron chi connectivity index (χ1n) is 18.1. The lowest BCUT2D eigenvalue weighted by molar-refractivity contribution is 0.669. The highest BCUT2D eigenvalue weighted by molar-refractivity contribution is 6.13. The fourth-order valence-electron chi connectivity index (χ4n) is 6.77. The van der Waals surface area contributed by atoms with E-state index in [4.69, 9.17) is 26.2 Å². The van der Waals surface area contributed by atoms with Gasteiger partial charge in [-0.3, -0.25) is 4.57 Å². The molecule has 10 aromatic rings. The zero-order chi connectivity index (χ0) is 36.0. The molecule has 0 aliphatic rings. The van der Waals surface area contributed by atoms with Gasteiger partial charge in [-0.25, -0.2) is 4.98 Å². The molecule has 3 aromatic heterocycles. The third kappa shape index (κ3) is 4.15. The Balaban J connectivity index is 1.21. The van der Waals surface area contributed by atoms with E-state index in [0.717, 1.165) is 54.7 Å². The molecule has 0 radical (unpaired) electrons. The maximum atomic E-state index is 8.77. The van der Waals surface area contributed by atoms with Crippen molar-refractivity contribution in [2.45, 2.75) is 0 Å². The number of nitrogens with zero attached hydrogens (tertiary/aromatic N) is 4. The number of hydrogen-bond donors (Lipinski definition) is 0. The summed E-state index contributed by atoms with van der Waals surface area (Å²) in [5.74, 6) is 0.473. The first kappa shape index (κ1) is 22.0. The second-order valence-corrected chi connectivity index (χ2v) is 11.7. The summed E-state index contributed by atoms with van der Waals surface area (Å²) in [6.45, 7) is 0. The molecule has 0 aliphatic heterocycles. The zero-order valence-corrected chi connectivity index (χ0v) is 25.3. The van der Waals surface area contributed by atoms with Crippen molar-refractivity contribution in [3.63, 3.8) is 0 Å². The Labute approximate surface area is 282 Å². The molecule has 0 saturated carbocycles. The highest BCUT2D eigenvalue weighted by Gasteiger charge is 2.19. The molecular formula is C43H26N4O. The van der Waals surface area contributed by atoms with Gasteiger partial charge in [0.25, 0.3) is 0 Å². The maximum Gasteiger partial charge on any atom is 0.238 e. The van der Waals surface area contributed by atoms with Gasteiger partial charge in [0.2, 0.25) is 5.95 Å². The molecule has 10 rings (SSSR count). The number of aromatic nitrogens is 4. The van der Waals surface area contributed by atoms with Crippen molar-refractivity contribution in [3.05, 3.63) is 158 Å². The molecule has 3 heterocycles. The Morgan fingerprint density at radius 3 is 1.98 bits per heavy atom. The van der Waals surface area contributed by atoms with Gasteiger partial charge >= 0.3 is 0 Å². The molecule has 224 valence electrons. The number of fused-ring (bicyclic) bond motifs is 7. The molecule has 0 unspecified atom stereocenters. The number of para-hydroxylation sites is 2. The van der Waals surface area contributed by atoms with E-state index in [0.29, 0.717) is 11.1 Å². The third-order valence-electron chi connectivity index (χ3n) is 8.94. The average molecular weight is 620 g/mol. The molecule has 5 heteroatoms. The van der Waals surface area contributed by atoms with Crippen molar-refractivity contribution in [2.75, 3.05) is 0 Å². The van der Waals surface area contributed by atoms with Crippen LogP contribution in [0, 0.1) is 0 Å². The van der Waals surface area contributed by atoms with E-state index in [2.05, 4.69) is 36.4 Å². The Kier molecular flexibility index (Phi) is 4.81. The van der Waals surface area contributed by atoms with E-state index in [-0.39, 0.29) is 23.2 Å². The van der Waals surface area contributed by atoms with E-state index in [1.165, 1.54) is 5.39 Å². The molecule has 0 amide bonds. The van der Waals surface area contributed by atoms with Gasteiger partial charge in [0.15, 0.2) is 11.6 Å². The van der Waals surface area contributed by atoms with E-state index >= 15 is 0 Å². The minimum Gasteiger partial charge on any atom is -0.456 e. The van der Waals surface area contributed by atoms with Crippen LogP contribution >= 0.6 is 0 Å². The summed E-state index contributed by atoms with van der Waals surface area (Å²) in [6.07, 6.45) is 0. The van der Waals surface area contributed by atoms with Crippen LogP contribution in [0.25, 0.3) is 94.4 Å². The topological polar surface area (TPSA) is 56.7 Å². The summed E-state index contributed by atoms with van der Waals surface area (Å²) in [7, 11) is 0. The van der Waals surface area contributed by atoms with Gasteiger partial charge in [-0.2, -0.15) is 9.97 Å². The predicted octanol–water partition coefficient (Wildman–Crippen LogP) is 11.0. The van der Waals surface area contributed by atoms with Crippen molar-refractivity contribution < 1.29 is 11.3 Å². The summed E-state index contributed by atoms with van der Waals surface area (Å²) in [6, 6.07) is 40.3. The first-order valence-corrected chi connectivity index (χ1v) is 15.6. The van der Waals surface area contributed by atoms with Gasteiger partial charge in [0, 0.05) is 32.7 Å². The van der Waals surface area contributed by atoms with Gasteiger partial charge in [0.1, 0.15) is 11.2 Å². The standard InChI is InChI=1S/C43H26N4O/c1-2-12-28(13-3-1)41-44-42(46-43(45-41)47-36-18-8-6-15-33(36)34-16-7-9-19-37(34)47)31-23-24-35-39(26-31)48-38-20-10-17-32(40(35)38)30-22-21-27-11-4-5-14-29(27)25-30/h1-26H/i1D,2D,3D,12D,13D. The number of furan rings is 1. The zero-order valence-electron chi connectivity index (χ0n) is 30.3. The second kappa shape index (κ2) is 10.5.